The number of amides is 1. The van der Waals surface area contributed by atoms with Crippen molar-refractivity contribution < 1.29 is 9.53 Å². The summed E-state index contributed by atoms with van der Waals surface area (Å²) in [6.07, 6.45) is 0.669. The summed E-state index contributed by atoms with van der Waals surface area (Å²) >= 11 is 3.42. The van der Waals surface area contributed by atoms with Crippen molar-refractivity contribution in [2.75, 3.05) is 17.7 Å². The first kappa shape index (κ1) is 13.9. The highest BCUT2D eigenvalue weighted by Crippen LogP contribution is 2.35. The Labute approximate surface area is 131 Å². The van der Waals surface area contributed by atoms with Gasteiger partial charge in [-0.25, -0.2) is 0 Å². The Hall–Kier alpha value is -2.01. The molecule has 1 aliphatic heterocycles. The number of ether oxygens (including phenoxy) is 1. The maximum absolute atomic E-state index is 12.6. The normalized spacial score (nSPS) is 16.7. The van der Waals surface area contributed by atoms with E-state index in [9.17, 15) is 4.79 Å². The summed E-state index contributed by atoms with van der Waals surface area (Å²) in [7, 11) is 0. The van der Waals surface area contributed by atoms with Gasteiger partial charge in [-0.3, -0.25) is 4.79 Å². The minimum atomic E-state index is -0.205. The number of fused-ring (bicyclic) bond motifs is 1. The maximum Gasteiger partial charge on any atom is 0.232 e. The third-order valence-corrected chi connectivity index (χ3v) is 4.21. The summed E-state index contributed by atoms with van der Waals surface area (Å²) in [5, 5.41) is 2.94. The van der Waals surface area contributed by atoms with Crippen LogP contribution in [0.3, 0.4) is 0 Å². The fourth-order valence-corrected chi connectivity index (χ4v) is 2.82. The number of hydrogen-bond donors (Lipinski definition) is 2. The van der Waals surface area contributed by atoms with E-state index in [0.717, 1.165) is 15.8 Å². The van der Waals surface area contributed by atoms with Crippen molar-refractivity contribution in [1.82, 2.24) is 0 Å². The van der Waals surface area contributed by atoms with E-state index in [1.54, 1.807) is 12.1 Å². The van der Waals surface area contributed by atoms with Crippen molar-refractivity contribution in [3.05, 3.63) is 52.5 Å². The Kier molecular flexibility index (Phi) is 3.84. The molecule has 5 heteroatoms. The van der Waals surface area contributed by atoms with Crippen LogP contribution in [0.4, 0.5) is 11.4 Å². The van der Waals surface area contributed by atoms with Crippen LogP contribution in [-0.4, -0.2) is 12.5 Å². The van der Waals surface area contributed by atoms with Crippen molar-refractivity contribution in [1.29, 1.82) is 0 Å². The van der Waals surface area contributed by atoms with Gasteiger partial charge in [0.15, 0.2) is 0 Å². The topological polar surface area (TPSA) is 64.3 Å². The fourth-order valence-electron chi connectivity index (χ4n) is 2.47. The first-order valence-corrected chi connectivity index (χ1v) is 7.52. The second kappa shape index (κ2) is 5.77. The summed E-state index contributed by atoms with van der Waals surface area (Å²) in [6, 6.07) is 13.0. The standard InChI is InChI=1S/C16H15BrN2O2/c17-13-6-5-10(18)9-14(13)19-16(20)12-7-8-21-15-4-2-1-3-11(12)15/h1-6,9,12H,7-8,18H2,(H,19,20). The van der Waals surface area contributed by atoms with E-state index in [4.69, 9.17) is 10.5 Å². The Balaban J connectivity index is 1.85. The van der Waals surface area contributed by atoms with Crippen LogP contribution in [-0.2, 0) is 4.79 Å². The number of carbonyl (C=O) groups excluding carboxylic acids is 1. The smallest absolute Gasteiger partial charge is 0.232 e. The van der Waals surface area contributed by atoms with Crippen LogP contribution in [0.15, 0.2) is 46.9 Å². The molecule has 1 aliphatic rings. The van der Waals surface area contributed by atoms with E-state index in [0.29, 0.717) is 24.4 Å². The quantitative estimate of drug-likeness (QED) is 0.817. The molecule has 0 aromatic heterocycles. The molecule has 1 atom stereocenters. The number of nitrogens with two attached hydrogens (primary N) is 1. The highest BCUT2D eigenvalue weighted by molar-refractivity contribution is 9.10. The summed E-state index contributed by atoms with van der Waals surface area (Å²) in [4.78, 5) is 12.6. The lowest BCUT2D eigenvalue weighted by molar-refractivity contribution is -0.118. The SMILES string of the molecule is Nc1ccc(Br)c(NC(=O)C2CCOc3ccccc32)c1. The third kappa shape index (κ3) is 2.88. The molecule has 3 rings (SSSR count). The summed E-state index contributed by atoms with van der Waals surface area (Å²) in [5.41, 5.74) is 7.99. The average molecular weight is 347 g/mol. The Morgan fingerprint density at radius 3 is 2.95 bits per heavy atom. The van der Waals surface area contributed by atoms with Crippen molar-refractivity contribution in [3.8, 4) is 5.75 Å². The molecule has 1 heterocycles. The average Bonchev–Trinajstić information content (AvgIpc) is 2.50. The summed E-state index contributed by atoms with van der Waals surface area (Å²) in [5.74, 6) is 0.538. The van der Waals surface area contributed by atoms with Gasteiger partial charge < -0.3 is 15.8 Å². The Morgan fingerprint density at radius 1 is 1.29 bits per heavy atom. The molecule has 2 aromatic rings. The number of halogens is 1. The van der Waals surface area contributed by atoms with Crippen molar-refractivity contribution >= 4 is 33.2 Å². The molecule has 1 amide bonds. The van der Waals surface area contributed by atoms with Gasteiger partial charge in [0.1, 0.15) is 5.75 Å². The first-order chi connectivity index (χ1) is 10.1. The van der Waals surface area contributed by atoms with E-state index < -0.39 is 0 Å². The van der Waals surface area contributed by atoms with Gasteiger partial charge in [0.25, 0.3) is 0 Å². The first-order valence-electron chi connectivity index (χ1n) is 6.73. The van der Waals surface area contributed by atoms with Crippen LogP contribution in [0, 0.1) is 0 Å². The number of para-hydroxylation sites is 1. The molecule has 1 unspecified atom stereocenters. The molecule has 108 valence electrons. The molecule has 21 heavy (non-hydrogen) atoms. The third-order valence-electron chi connectivity index (χ3n) is 3.52. The number of anilines is 2. The predicted octanol–water partition coefficient (Wildman–Crippen LogP) is 3.54. The monoisotopic (exact) mass is 346 g/mol. The van der Waals surface area contributed by atoms with Crippen LogP contribution in [0.5, 0.6) is 5.75 Å². The molecule has 0 spiro atoms. The lowest BCUT2D eigenvalue weighted by Crippen LogP contribution is -2.26. The van der Waals surface area contributed by atoms with Gasteiger partial charge in [0, 0.05) is 15.7 Å². The van der Waals surface area contributed by atoms with Crippen LogP contribution in [0.2, 0.25) is 0 Å². The van der Waals surface area contributed by atoms with Crippen molar-refractivity contribution in [2.24, 2.45) is 0 Å². The van der Waals surface area contributed by atoms with E-state index in [1.165, 1.54) is 0 Å². The van der Waals surface area contributed by atoms with Gasteiger partial charge in [-0.2, -0.15) is 0 Å². The summed E-state index contributed by atoms with van der Waals surface area (Å²) < 4.78 is 6.40. The lowest BCUT2D eigenvalue weighted by atomic mass is 9.92. The zero-order chi connectivity index (χ0) is 14.8. The minimum absolute atomic E-state index is 0.0444. The second-order valence-electron chi connectivity index (χ2n) is 4.96. The Bertz CT molecular complexity index is 688. The number of rotatable bonds is 2. The van der Waals surface area contributed by atoms with Gasteiger partial charge in [0.2, 0.25) is 5.91 Å². The predicted molar refractivity (Wildman–Crippen MR) is 86.5 cm³/mol. The van der Waals surface area contributed by atoms with E-state index in [-0.39, 0.29) is 11.8 Å². The van der Waals surface area contributed by atoms with Crippen LogP contribution in [0.1, 0.15) is 17.9 Å². The molecule has 3 N–H and O–H groups in total. The summed E-state index contributed by atoms with van der Waals surface area (Å²) in [6.45, 7) is 0.549. The zero-order valence-electron chi connectivity index (χ0n) is 11.3. The molecular weight excluding hydrogens is 332 g/mol. The van der Waals surface area contributed by atoms with Gasteiger partial charge in [-0.1, -0.05) is 18.2 Å². The Morgan fingerprint density at radius 2 is 2.10 bits per heavy atom. The van der Waals surface area contributed by atoms with E-state index in [1.807, 2.05) is 30.3 Å². The number of nitrogens with one attached hydrogen (secondary N) is 1. The fraction of sp³-hybridized carbons (Fsp3) is 0.188. The molecular formula is C16H15BrN2O2. The maximum atomic E-state index is 12.6. The molecule has 4 nitrogen and oxygen atoms in total. The van der Waals surface area contributed by atoms with Crippen LogP contribution < -0.4 is 15.8 Å². The molecule has 0 saturated heterocycles. The molecule has 0 fully saturated rings. The van der Waals surface area contributed by atoms with Gasteiger partial charge >= 0.3 is 0 Å². The molecule has 0 radical (unpaired) electrons. The van der Waals surface area contributed by atoms with Crippen molar-refractivity contribution in [2.45, 2.75) is 12.3 Å². The largest absolute Gasteiger partial charge is 0.493 e. The van der Waals surface area contributed by atoms with Gasteiger partial charge in [-0.15, -0.1) is 0 Å². The number of carbonyl (C=O) groups is 1. The number of nitrogen functional groups attached to an aromatic ring is 1. The molecule has 0 saturated carbocycles. The zero-order valence-corrected chi connectivity index (χ0v) is 12.9. The van der Waals surface area contributed by atoms with Gasteiger partial charge in [0.05, 0.1) is 18.2 Å². The highest BCUT2D eigenvalue weighted by Gasteiger charge is 2.27. The van der Waals surface area contributed by atoms with Crippen molar-refractivity contribution in [3.63, 3.8) is 0 Å². The highest BCUT2D eigenvalue weighted by atomic mass is 79.9. The number of hydrogen-bond acceptors (Lipinski definition) is 3. The second-order valence-corrected chi connectivity index (χ2v) is 5.81. The minimum Gasteiger partial charge on any atom is -0.493 e. The molecule has 2 aromatic carbocycles. The van der Waals surface area contributed by atoms with Gasteiger partial charge in [-0.05, 0) is 46.6 Å². The molecule has 0 aliphatic carbocycles. The van der Waals surface area contributed by atoms with E-state index >= 15 is 0 Å². The van der Waals surface area contributed by atoms with E-state index in [2.05, 4.69) is 21.2 Å². The van der Waals surface area contributed by atoms with Crippen LogP contribution >= 0.6 is 15.9 Å². The number of benzene rings is 2. The molecule has 0 bridgehead atoms. The lowest BCUT2D eigenvalue weighted by Gasteiger charge is -2.25. The van der Waals surface area contributed by atoms with Crippen LogP contribution in [0.25, 0.3) is 0 Å².